The predicted molar refractivity (Wildman–Crippen MR) is 101 cm³/mol. The molecule has 1 fully saturated rings. The van der Waals surface area contributed by atoms with E-state index in [0.29, 0.717) is 51.5 Å². The quantitative estimate of drug-likeness (QED) is 0.726. The van der Waals surface area contributed by atoms with Gasteiger partial charge in [-0.3, -0.25) is 4.90 Å². The smallest absolute Gasteiger partial charge is 0.228 e. The summed E-state index contributed by atoms with van der Waals surface area (Å²) in [6, 6.07) is 5.18. The number of fused-ring (bicyclic) bond motifs is 1. The number of nitrogens with two attached hydrogens (primary N) is 2. The van der Waals surface area contributed by atoms with E-state index >= 15 is 0 Å². The molecule has 0 aliphatic carbocycles. The van der Waals surface area contributed by atoms with Crippen LogP contribution >= 0.6 is 23.2 Å². The maximum absolute atomic E-state index is 6.36. The molecule has 4 rings (SSSR count). The van der Waals surface area contributed by atoms with Crippen molar-refractivity contribution < 1.29 is 4.63 Å². The Bertz CT molecular complexity index is 847. The van der Waals surface area contributed by atoms with Gasteiger partial charge in [0.25, 0.3) is 0 Å². The van der Waals surface area contributed by atoms with Crippen molar-refractivity contribution in [3.05, 3.63) is 39.9 Å². The Morgan fingerprint density at radius 3 is 2.54 bits per heavy atom. The molecular formula is C16H19Cl2N7O. The van der Waals surface area contributed by atoms with Gasteiger partial charge in [-0.1, -0.05) is 23.2 Å². The summed E-state index contributed by atoms with van der Waals surface area (Å²) in [7, 11) is 0. The third-order valence-corrected chi connectivity index (χ3v) is 5.52. The SMILES string of the molecule is NC1=C(N)N(c2ccc(Cl)c(Cl)c2)c2nonc2N1CC1CCNCC1. The average molecular weight is 396 g/mol. The number of nitrogens with zero attached hydrogens (tertiary/aromatic N) is 4. The summed E-state index contributed by atoms with van der Waals surface area (Å²) in [6.45, 7) is 2.71. The highest BCUT2D eigenvalue weighted by atomic mass is 35.5. The van der Waals surface area contributed by atoms with Gasteiger partial charge in [0.05, 0.1) is 15.7 Å². The van der Waals surface area contributed by atoms with E-state index in [9.17, 15) is 0 Å². The average Bonchev–Trinajstić information content (AvgIpc) is 3.12. The van der Waals surface area contributed by atoms with E-state index in [2.05, 4.69) is 15.6 Å². The van der Waals surface area contributed by atoms with Gasteiger partial charge in [0.1, 0.15) is 5.82 Å². The second-order valence-electron chi connectivity index (χ2n) is 6.42. The van der Waals surface area contributed by atoms with Crippen molar-refractivity contribution in [3.63, 3.8) is 0 Å². The van der Waals surface area contributed by atoms with E-state index in [1.165, 1.54) is 0 Å². The highest BCUT2D eigenvalue weighted by Crippen LogP contribution is 2.41. The van der Waals surface area contributed by atoms with Crippen molar-refractivity contribution in [1.82, 2.24) is 15.6 Å². The molecule has 26 heavy (non-hydrogen) atoms. The molecule has 0 amide bonds. The number of aromatic nitrogens is 2. The fraction of sp³-hybridized carbons (Fsp3) is 0.375. The maximum atomic E-state index is 6.36. The van der Waals surface area contributed by atoms with Crippen molar-refractivity contribution in [1.29, 1.82) is 0 Å². The number of halogens is 2. The van der Waals surface area contributed by atoms with Crippen LogP contribution in [0.1, 0.15) is 12.8 Å². The number of nitrogens with one attached hydrogen (secondary N) is 1. The number of hydrogen-bond acceptors (Lipinski definition) is 8. The summed E-state index contributed by atoms with van der Waals surface area (Å²) in [6.07, 6.45) is 2.14. The molecule has 1 saturated heterocycles. The Morgan fingerprint density at radius 1 is 1.08 bits per heavy atom. The molecule has 2 aliphatic heterocycles. The number of rotatable bonds is 3. The van der Waals surface area contributed by atoms with Crippen molar-refractivity contribution >= 4 is 40.5 Å². The van der Waals surface area contributed by atoms with E-state index in [0.717, 1.165) is 25.9 Å². The van der Waals surface area contributed by atoms with Gasteiger partial charge in [-0.15, -0.1) is 0 Å². The van der Waals surface area contributed by atoms with Gasteiger partial charge in [0.2, 0.25) is 11.6 Å². The Kier molecular flexibility index (Phi) is 4.56. The lowest BCUT2D eigenvalue weighted by molar-refractivity contribution is 0.308. The molecule has 10 heteroatoms. The standard InChI is InChI=1S/C16H19Cl2N7O/c17-11-2-1-10(7-12(11)18)25-14(20)13(19)24(15-16(25)23-26-22-15)8-9-3-5-21-6-4-9/h1-2,7,9,21H,3-6,8,19-20H2. The van der Waals surface area contributed by atoms with Crippen LogP contribution in [0, 0.1) is 5.92 Å². The van der Waals surface area contributed by atoms with Crippen molar-refractivity contribution in [3.8, 4) is 0 Å². The molecule has 3 heterocycles. The van der Waals surface area contributed by atoms with Crippen LogP contribution in [0.15, 0.2) is 34.5 Å². The van der Waals surface area contributed by atoms with E-state index in [4.69, 9.17) is 39.3 Å². The Morgan fingerprint density at radius 2 is 1.81 bits per heavy atom. The van der Waals surface area contributed by atoms with Crippen LogP contribution in [0.3, 0.4) is 0 Å². The topological polar surface area (TPSA) is 109 Å². The third-order valence-electron chi connectivity index (χ3n) is 4.78. The van der Waals surface area contributed by atoms with Crippen molar-refractivity contribution in [2.45, 2.75) is 12.8 Å². The predicted octanol–water partition coefficient (Wildman–Crippen LogP) is 2.38. The van der Waals surface area contributed by atoms with Gasteiger partial charge in [-0.25, -0.2) is 4.63 Å². The van der Waals surface area contributed by atoms with Crippen LogP contribution in [0.5, 0.6) is 0 Å². The Labute approximate surface area is 160 Å². The molecule has 1 aromatic carbocycles. The maximum Gasteiger partial charge on any atom is 0.228 e. The molecule has 0 spiro atoms. The summed E-state index contributed by atoms with van der Waals surface area (Å²) < 4.78 is 5.00. The van der Waals surface area contributed by atoms with Crippen molar-refractivity contribution in [2.75, 3.05) is 29.4 Å². The molecule has 1 aromatic heterocycles. The minimum atomic E-state index is 0.348. The first kappa shape index (κ1) is 17.3. The molecule has 0 atom stereocenters. The van der Waals surface area contributed by atoms with Gasteiger partial charge < -0.3 is 21.7 Å². The molecular weight excluding hydrogens is 377 g/mol. The summed E-state index contributed by atoms with van der Waals surface area (Å²) >= 11 is 12.2. The molecule has 138 valence electrons. The molecule has 2 aliphatic rings. The number of anilines is 3. The van der Waals surface area contributed by atoms with Crippen molar-refractivity contribution in [2.24, 2.45) is 17.4 Å². The highest BCUT2D eigenvalue weighted by molar-refractivity contribution is 6.42. The summed E-state index contributed by atoms with van der Waals surface area (Å²) in [4.78, 5) is 3.55. The molecule has 0 radical (unpaired) electrons. The minimum absolute atomic E-state index is 0.348. The largest absolute Gasteiger partial charge is 0.382 e. The molecule has 2 aromatic rings. The molecule has 0 saturated carbocycles. The van der Waals surface area contributed by atoms with Gasteiger partial charge >= 0.3 is 0 Å². The van der Waals surface area contributed by atoms with E-state index < -0.39 is 0 Å². The Balaban J connectivity index is 1.71. The second-order valence-corrected chi connectivity index (χ2v) is 7.23. The highest BCUT2D eigenvalue weighted by Gasteiger charge is 2.35. The van der Waals surface area contributed by atoms with Crippen LogP contribution < -0.4 is 26.6 Å². The fourth-order valence-electron chi connectivity index (χ4n) is 3.36. The minimum Gasteiger partial charge on any atom is -0.382 e. The van der Waals surface area contributed by atoms with Crippen LogP contribution in [0.4, 0.5) is 17.3 Å². The van der Waals surface area contributed by atoms with E-state index in [1.54, 1.807) is 23.1 Å². The lowest BCUT2D eigenvalue weighted by Gasteiger charge is -2.36. The van der Waals surface area contributed by atoms with Crippen LogP contribution in [-0.4, -0.2) is 29.9 Å². The van der Waals surface area contributed by atoms with Crippen LogP contribution in [0.2, 0.25) is 10.0 Å². The van der Waals surface area contributed by atoms with E-state index in [1.807, 2.05) is 4.90 Å². The van der Waals surface area contributed by atoms with Gasteiger partial charge in [-0.05, 0) is 60.4 Å². The van der Waals surface area contributed by atoms with Crippen LogP contribution in [-0.2, 0) is 0 Å². The molecule has 5 N–H and O–H groups in total. The zero-order valence-electron chi connectivity index (χ0n) is 14.0. The van der Waals surface area contributed by atoms with Crippen LogP contribution in [0.25, 0.3) is 0 Å². The molecule has 0 bridgehead atoms. The zero-order chi connectivity index (χ0) is 18.3. The Hall–Kier alpha value is -2.16. The third kappa shape index (κ3) is 2.94. The monoisotopic (exact) mass is 395 g/mol. The molecule has 8 nitrogen and oxygen atoms in total. The second kappa shape index (κ2) is 6.86. The van der Waals surface area contributed by atoms with Gasteiger partial charge in [-0.2, -0.15) is 0 Å². The number of piperidine rings is 1. The number of benzene rings is 1. The zero-order valence-corrected chi connectivity index (χ0v) is 15.5. The van der Waals surface area contributed by atoms with E-state index in [-0.39, 0.29) is 0 Å². The normalized spacial score (nSPS) is 18.4. The fourth-order valence-corrected chi connectivity index (χ4v) is 3.66. The van der Waals surface area contributed by atoms with Gasteiger partial charge in [0.15, 0.2) is 5.82 Å². The first-order valence-electron chi connectivity index (χ1n) is 8.37. The summed E-state index contributed by atoms with van der Waals surface area (Å²) in [5.74, 6) is 2.27. The molecule has 0 unspecified atom stereocenters. The summed E-state index contributed by atoms with van der Waals surface area (Å²) in [5.41, 5.74) is 13.4. The first-order chi connectivity index (χ1) is 12.6. The lowest BCUT2D eigenvalue weighted by Crippen LogP contribution is -2.44. The number of hydrogen-bond donors (Lipinski definition) is 3. The first-order valence-corrected chi connectivity index (χ1v) is 9.13. The van der Waals surface area contributed by atoms with Gasteiger partial charge in [0, 0.05) is 6.54 Å². The summed E-state index contributed by atoms with van der Waals surface area (Å²) in [5, 5.41) is 12.3. The lowest BCUT2D eigenvalue weighted by atomic mass is 9.97.